The number of benzene rings is 1. The third kappa shape index (κ3) is 4.79. The highest BCUT2D eigenvalue weighted by atomic mass is 35.5. The van der Waals surface area contributed by atoms with E-state index in [1.54, 1.807) is 19.9 Å². The van der Waals surface area contributed by atoms with Crippen LogP contribution in [0, 0.1) is 6.92 Å². The van der Waals surface area contributed by atoms with E-state index in [1.165, 1.54) is 34.4 Å². The Balaban J connectivity index is 1.55. The SMILES string of the molecule is CCN1OCC(NC(=O)c2cnc(N3CCC(c4cc(Cl)cc(Cl)c4)(C(F)(F)F)C3)cc2C)C1=O. The summed E-state index contributed by atoms with van der Waals surface area (Å²) in [7, 11) is 0. The molecule has 4 rings (SSSR count). The van der Waals surface area contributed by atoms with Crippen LogP contribution < -0.4 is 10.2 Å². The van der Waals surface area contributed by atoms with Crippen molar-refractivity contribution in [3.05, 3.63) is 57.2 Å². The zero-order valence-corrected chi connectivity index (χ0v) is 20.5. The van der Waals surface area contributed by atoms with Crippen LogP contribution in [-0.4, -0.2) is 60.3 Å². The largest absolute Gasteiger partial charge is 0.400 e. The maximum absolute atomic E-state index is 14.4. The summed E-state index contributed by atoms with van der Waals surface area (Å²) in [6.07, 6.45) is -3.44. The van der Waals surface area contributed by atoms with E-state index in [0.717, 1.165) is 0 Å². The predicted octanol–water partition coefficient (Wildman–Crippen LogP) is 4.30. The Morgan fingerprint density at radius 1 is 1.26 bits per heavy atom. The Bertz CT molecular complexity index is 1140. The van der Waals surface area contributed by atoms with Crippen LogP contribution in [-0.2, 0) is 15.0 Å². The maximum Gasteiger partial charge on any atom is 0.400 e. The number of nitrogens with one attached hydrogen (secondary N) is 1. The van der Waals surface area contributed by atoms with Crippen molar-refractivity contribution in [3.8, 4) is 0 Å². The normalized spacial score (nSPS) is 22.7. The Labute approximate surface area is 210 Å². The Hall–Kier alpha value is -2.56. The topological polar surface area (TPSA) is 74.8 Å². The summed E-state index contributed by atoms with van der Waals surface area (Å²) >= 11 is 12.0. The van der Waals surface area contributed by atoms with Crippen LogP contribution in [0.4, 0.5) is 19.0 Å². The van der Waals surface area contributed by atoms with Crippen molar-refractivity contribution in [1.82, 2.24) is 15.4 Å². The number of hydrogen-bond acceptors (Lipinski definition) is 5. The average Bonchev–Trinajstić information content (AvgIpc) is 3.38. The van der Waals surface area contributed by atoms with Crippen molar-refractivity contribution in [1.29, 1.82) is 0 Å². The number of hydroxylamine groups is 2. The molecule has 1 N–H and O–H groups in total. The number of nitrogens with zero attached hydrogens (tertiary/aromatic N) is 3. The first-order chi connectivity index (χ1) is 16.4. The summed E-state index contributed by atoms with van der Waals surface area (Å²) in [5.74, 6) is -0.540. The molecule has 1 aromatic heterocycles. The first kappa shape index (κ1) is 25.5. The van der Waals surface area contributed by atoms with Gasteiger partial charge < -0.3 is 10.2 Å². The molecule has 2 unspecified atom stereocenters. The molecule has 0 bridgehead atoms. The molecule has 2 fully saturated rings. The molecule has 0 saturated carbocycles. The second-order valence-electron chi connectivity index (χ2n) is 8.62. The number of anilines is 1. The van der Waals surface area contributed by atoms with Gasteiger partial charge in [0.2, 0.25) is 0 Å². The molecule has 2 saturated heterocycles. The number of amides is 2. The molecule has 2 aliphatic heterocycles. The minimum Gasteiger partial charge on any atom is -0.355 e. The molecule has 2 aromatic rings. The third-order valence-electron chi connectivity index (χ3n) is 6.43. The van der Waals surface area contributed by atoms with Crippen molar-refractivity contribution in [3.63, 3.8) is 0 Å². The Kier molecular flexibility index (Phi) is 6.91. The fraction of sp³-hybridized carbons (Fsp3) is 0.435. The van der Waals surface area contributed by atoms with Gasteiger partial charge in [0.25, 0.3) is 11.8 Å². The van der Waals surface area contributed by atoms with E-state index in [4.69, 9.17) is 28.0 Å². The molecule has 0 aliphatic carbocycles. The lowest BCUT2D eigenvalue weighted by Gasteiger charge is -2.33. The number of carbonyl (C=O) groups excluding carboxylic acids is 2. The van der Waals surface area contributed by atoms with E-state index in [2.05, 4.69) is 10.3 Å². The molecule has 188 valence electrons. The minimum atomic E-state index is -4.55. The quantitative estimate of drug-likeness (QED) is 0.623. The molecule has 1 aromatic carbocycles. The summed E-state index contributed by atoms with van der Waals surface area (Å²) in [6.45, 7) is 3.53. The van der Waals surface area contributed by atoms with Crippen LogP contribution >= 0.6 is 23.2 Å². The van der Waals surface area contributed by atoms with Crippen LogP contribution in [0.15, 0.2) is 30.5 Å². The molecule has 7 nitrogen and oxygen atoms in total. The highest BCUT2D eigenvalue weighted by molar-refractivity contribution is 6.34. The minimum absolute atomic E-state index is 0.00212. The summed E-state index contributed by atoms with van der Waals surface area (Å²) in [4.78, 5) is 35.9. The van der Waals surface area contributed by atoms with Gasteiger partial charge in [-0.05, 0) is 55.7 Å². The molecule has 0 radical (unpaired) electrons. The molecule has 0 spiro atoms. The number of aromatic nitrogens is 1. The number of pyridine rings is 1. The summed E-state index contributed by atoms with van der Waals surface area (Å²) < 4.78 is 43.1. The first-order valence-electron chi connectivity index (χ1n) is 10.9. The molecule has 12 heteroatoms. The molecule has 2 aliphatic rings. The zero-order chi connectivity index (χ0) is 25.5. The van der Waals surface area contributed by atoms with Gasteiger partial charge in [0, 0.05) is 35.9 Å². The fourth-order valence-electron chi connectivity index (χ4n) is 4.48. The van der Waals surface area contributed by atoms with E-state index >= 15 is 0 Å². The molecular weight excluding hydrogens is 508 g/mol. The number of rotatable bonds is 5. The number of hydrogen-bond donors (Lipinski definition) is 1. The lowest BCUT2D eigenvalue weighted by atomic mass is 9.79. The van der Waals surface area contributed by atoms with Gasteiger partial charge in [-0.1, -0.05) is 23.2 Å². The van der Waals surface area contributed by atoms with Crippen molar-refractivity contribution < 1.29 is 27.6 Å². The highest BCUT2D eigenvalue weighted by Gasteiger charge is 2.59. The third-order valence-corrected chi connectivity index (χ3v) is 6.86. The van der Waals surface area contributed by atoms with Gasteiger partial charge in [-0.15, -0.1) is 0 Å². The van der Waals surface area contributed by atoms with Gasteiger partial charge in [-0.3, -0.25) is 14.4 Å². The predicted molar refractivity (Wildman–Crippen MR) is 125 cm³/mol. The highest BCUT2D eigenvalue weighted by Crippen LogP contribution is 2.49. The maximum atomic E-state index is 14.4. The van der Waals surface area contributed by atoms with E-state index in [0.29, 0.717) is 17.9 Å². The molecule has 2 amide bonds. The first-order valence-corrected chi connectivity index (χ1v) is 11.7. The summed E-state index contributed by atoms with van der Waals surface area (Å²) in [6, 6.07) is 4.74. The van der Waals surface area contributed by atoms with Crippen LogP contribution in [0.1, 0.15) is 34.8 Å². The number of halogens is 5. The average molecular weight is 531 g/mol. The summed E-state index contributed by atoms with van der Waals surface area (Å²) in [5, 5.41) is 4.06. The van der Waals surface area contributed by atoms with Crippen molar-refractivity contribution >= 4 is 40.8 Å². The van der Waals surface area contributed by atoms with Crippen molar-refractivity contribution in [2.24, 2.45) is 0 Å². The fourth-order valence-corrected chi connectivity index (χ4v) is 5.00. The molecule has 3 heterocycles. The van der Waals surface area contributed by atoms with E-state index in [-0.39, 0.29) is 53.2 Å². The van der Waals surface area contributed by atoms with Gasteiger partial charge >= 0.3 is 6.18 Å². The van der Waals surface area contributed by atoms with Gasteiger partial charge in [0.05, 0.1) is 5.56 Å². The van der Waals surface area contributed by atoms with Crippen molar-refractivity contribution in [2.45, 2.75) is 37.9 Å². The second kappa shape index (κ2) is 9.48. The van der Waals surface area contributed by atoms with Gasteiger partial charge in [-0.2, -0.15) is 13.2 Å². The smallest absolute Gasteiger partial charge is 0.355 e. The van der Waals surface area contributed by atoms with E-state index in [9.17, 15) is 22.8 Å². The number of likely N-dealkylation sites (N-methyl/N-ethyl adjacent to an activating group) is 1. The van der Waals surface area contributed by atoms with Crippen LogP contribution in [0.2, 0.25) is 10.0 Å². The number of carbonyl (C=O) groups is 2. The standard InChI is InChI=1S/C23H23Cl2F3N4O3/c1-3-32-21(34)18(11-35-32)30-20(33)17-10-29-19(6-13(17)2)31-5-4-22(12-31,23(26,27)28)14-7-15(24)9-16(25)8-14/h6-10,18H,3-5,11-12H2,1-2H3,(H,30,33). The lowest BCUT2D eigenvalue weighted by Crippen LogP contribution is -2.45. The zero-order valence-electron chi connectivity index (χ0n) is 19.0. The van der Waals surface area contributed by atoms with E-state index in [1.807, 2.05) is 0 Å². The number of aryl methyl sites for hydroxylation is 1. The van der Waals surface area contributed by atoms with Crippen LogP contribution in [0.25, 0.3) is 0 Å². The van der Waals surface area contributed by atoms with Crippen molar-refractivity contribution in [2.75, 3.05) is 31.1 Å². The molecule has 2 atom stereocenters. The van der Waals surface area contributed by atoms with E-state index < -0.39 is 23.5 Å². The van der Waals surface area contributed by atoms with Gasteiger partial charge in [-0.25, -0.2) is 10.0 Å². The van der Waals surface area contributed by atoms with Gasteiger partial charge in [0.15, 0.2) is 0 Å². The Morgan fingerprint density at radius 3 is 2.51 bits per heavy atom. The summed E-state index contributed by atoms with van der Waals surface area (Å²) in [5.41, 5.74) is -1.43. The van der Waals surface area contributed by atoms with Crippen LogP contribution in [0.5, 0.6) is 0 Å². The van der Waals surface area contributed by atoms with Gasteiger partial charge in [0.1, 0.15) is 23.9 Å². The monoisotopic (exact) mass is 530 g/mol. The van der Waals surface area contributed by atoms with Crippen LogP contribution in [0.3, 0.4) is 0 Å². The molecule has 35 heavy (non-hydrogen) atoms. The Morgan fingerprint density at radius 2 is 1.94 bits per heavy atom. The lowest BCUT2D eigenvalue weighted by molar-refractivity contribution is -0.184. The number of alkyl halides is 3. The molecular formula is C23H23Cl2F3N4O3. The second-order valence-corrected chi connectivity index (χ2v) is 9.49.